The van der Waals surface area contributed by atoms with Crippen molar-refractivity contribution in [3.05, 3.63) is 35.4 Å². The van der Waals surface area contributed by atoms with Crippen LogP contribution in [0.25, 0.3) is 0 Å². The van der Waals surface area contributed by atoms with Crippen molar-refractivity contribution >= 4 is 33.8 Å². The van der Waals surface area contributed by atoms with Gasteiger partial charge in [-0.25, -0.2) is 0 Å². The van der Waals surface area contributed by atoms with E-state index in [1.165, 1.54) is 14.4 Å². The van der Waals surface area contributed by atoms with Gasteiger partial charge in [-0.15, -0.1) is 0 Å². The first kappa shape index (κ1) is 9.22. The summed E-state index contributed by atoms with van der Waals surface area (Å²) in [6.07, 6.45) is 0. The summed E-state index contributed by atoms with van der Waals surface area (Å²) < 4.78 is 1.41. The van der Waals surface area contributed by atoms with Crippen LogP contribution in [0, 0.1) is 6.92 Å². The summed E-state index contributed by atoms with van der Waals surface area (Å²) in [5.41, 5.74) is 2.75. The van der Waals surface area contributed by atoms with Gasteiger partial charge in [-0.3, -0.25) is 0 Å². The van der Waals surface area contributed by atoms with Gasteiger partial charge in [0.2, 0.25) is 0 Å². The Labute approximate surface area is 81.9 Å². The summed E-state index contributed by atoms with van der Waals surface area (Å²) in [6, 6.07) is 8.49. The second-order valence-corrected chi connectivity index (χ2v) is 6.19. The fraction of sp³-hybridized carbons (Fsp3) is 0.222. The van der Waals surface area contributed by atoms with Gasteiger partial charge in [0.05, 0.1) is 0 Å². The van der Waals surface area contributed by atoms with E-state index < -0.39 is 0 Å². The fourth-order valence-corrected chi connectivity index (χ4v) is 2.33. The molecule has 0 unspecified atom stereocenters. The molecule has 0 N–H and O–H groups in total. The molecule has 1 rings (SSSR count). The molecular weight excluding hydrogens is 266 g/mol. The fourth-order valence-electron chi connectivity index (χ4n) is 0.912. The van der Waals surface area contributed by atoms with E-state index in [1.807, 2.05) is 0 Å². The van der Waals surface area contributed by atoms with Crippen molar-refractivity contribution in [3.8, 4) is 0 Å². The van der Waals surface area contributed by atoms with Crippen molar-refractivity contribution in [2.24, 2.45) is 0 Å². The van der Waals surface area contributed by atoms with Crippen LogP contribution in [0.2, 0.25) is 5.82 Å². The van der Waals surface area contributed by atoms with Crippen LogP contribution in [0.1, 0.15) is 11.1 Å². The van der Waals surface area contributed by atoms with Crippen LogP contribution in [-0.4, -0.2) is 33.8 Å². The van der Waals surface area contributed by atoms with E-state index in [2.05, 4.69) is 52.6 Å². The molecule has 0 heterocycles. The predicted octanol–water partition coefficient (Wildman–Crippen LogP) is 1.39. The van der Waals surface area contributed by atoms with Crippen LogP contribution in [0.3, 0.4) is 0 Å². The molecule has 0 nitrogen and oxygen atoms in total. The van der Waals surface area contributed by atoms with Crippen LogP contribution < -0.4 is 0 Å². The summed E-state index contributed by atoms with van der Waals surface area (Å²) in [5, 5.41) is 0. The van der Waals surface area contributed by atoms with E-state index >= 15 is 0 Å². The molecule has 0 saturated carbocycles. The van der Waals surface area contributed by atoms with E-state index in [4.69, 9.17) is 0 Å². The number of rotatable bonds is 2. The van der Waals surface area contributed by atoms with Crippen molar-refractivity contribution in [3.63, 3.8) is 0 Å². The molecule has 0 aromatic heterocycles. The van der Waals surface area contributed by atoms with Crippen molar-refractivity contribution in [2.45, 2.75) is 12.7 Å². The molecule has 0 spiro atoms. The van der Waals surface area contributed by atoms with E-state index in [-0.39, 0.29) is 0 Å². The maximum atomic E-state index is 3.13. The first-order chi connectivity index (χ1) is 5.25. The summed E-state index contributed by atoms with van der Waals surface area (Å²) in [7, 11) is 0. The standard InChI is InChI=1S/C9H10Se2/c1-7-5-3-4-6-8(7)9(10)11-2/h3-6H,1-2H3. The Hall–Kier alpha value is 0.129. The Balaban J connectivity index is 3.03. The van der Waals surface area contributed by atoms with Gasteiger partial charge in [0.25, 0.3) is 0 Å². The number of benzene rings is 1. The van der Waals surface area contributed by atoms with E-state index in [0.717, 1.165) is 0 Å². The quantitative estimate of drug-likeness (QED) is 0.716. The molecule has 11 heavy (non-hydrogen) atoms. The van der Waals surface area contributed by atoms with Crippen LogP contribution in [0.15, 0.2) is 24.3 Å². The third-order valence-electron chi connectivity index (χ3n) is 1.55. The Morgan fingerprint density at radius 1 is 1.36 bits per heavy atom. The Bertz CT molecular complexity index is 266. The number of hydrogen-bond acceptors (Lipinski definition) is 0. The third kappa shape index (κ3) is 2.28. The predicted molar refractivity (Wildman–Crippen MR) is 52.7 cm³/mol. The van der Waals surface area contributed by atoms with Crippen molar-refractivity contribution < 1.29 is 0 Å². The second kappa shape index (κ2) is 4.23. The summed E-state index contributed by atoms with van der Waals surface area (Å²) in [4.78, 5) is 0. The van der Waals surface area contributed by atoms with Gasteiger partial charge >= 0.3 is 82.0 Å². The van der Waals surface area contributed by atoms with Gasteiger partial charge in [0.15, 0.2) is 0 Å². The van der Waals surface area contributed by atoms with Crippen molar-refractivity contribution in [1.29, 1.82) is 0 Å². The molecule has 1 aromatic carbocycles. The summed E-state index contributed by atoms with van der Waals surface area (Å²) in [5.74, 6) is 2.23. The molecule has 0 saturated heterocycles. The van der Waals surface area contributed by atoms with Crippen LogP contribution in [-0.2, 0) is 0 Å². The zero-order valence-corrected chi connectivity index (χ0v) is 10.1. The molecule has 58 valence electrons. The summed E-state index contributed by atoms with van der Waals surface area (Å²) >= 11 is 3.72. The average molecular weight is 276 g/mol. The Morgan fingerprint density at radius 2 is 2.00 bits per heavy atom. The molecule has 0 fully saturated rings. The molecule has 0 radical (unpaired) electrons. The van der Waals surface area contributed by atoms with Crippen molar-refractivity contribution in [2.75, 3.05) is 0 Å². The molecule has 0 atom stereocenters. The SMILES string of the molecule is C[Se]C(=[Se])c1ccccc1C. The average Bonchev–Trinajstić information content (AvgIpc) is 2.04. The molecule has 0 aliphatic rings. The molecule has 0 bridgehead atoms. The molecule has 0 aliphatic heterocycles. The van der Waals surface area contributed by atoms with Crippen molar-refractivity contribution in [1.82, 2.24) is 0 Å². The van der Waals surface area contributed by atoms with E-state index in [1.54, 1.807) is 0 Å². The van der Waals surface area contributed by atoms with Crippen LogP contribution in [0.5, 0.6) is 0 Å². The normalized spacial score (nSPS) is 9.64. The van der Waals surface area contributed by atoms with Gasteiger partial charge < -0.3 is 0 Å². The van der Waals surface area contributed by atoms with Crippen LogP contribution in [0.4, 0.5) is 0 Å². The van der Waals surface area contributed by atoms with Gasteiger partial charge in [0.1, 0.15) is 0 Å². The van der Waals surface area contributed by atoms with Crippen LogP contribution >= 0.6 is 0 Å². The number of aryl methyl sites for hydroxylation is 1. The maximum absolute atomic E-state index is 3.13. The zero-order valence-electron chi connectivity index (χ0n) is 6.63. The minimum atomic E-state index is 0.589. The van der Waals surface area contributed by atoms with Gasteiger partial charge in [-0.2, -0.15) is 0 Å². The zero-order chi connectivity index (χ0) is 8.27. The monoisotopic (exact) mass is 278 g/mol. The topological polar surface area (TPSA) is 0 Å². The first-order valence-corrected chi connectivity index (χ1v) is 6.82. The third-order valence-corrected chi connectivity index (χ3v) is 5.07. The van der Waals surface area contributed by atoms with Gasteiger partial charge in [0, 0.05) is 0 Å². The summed E-state index contributed by atoms with van der Waals surface area (Å²) in [6.45, 7) is 2.15. The van der Waals surface area contributed by atoms with Gasteiger partial charge in [-0.1, -0.05) is 0 Å². The number of hydrogen-bond donors (Lipinski definition) is 0. The molecule has 2 heteroatoms. The minimum absolute atomic E-state index is 0.589. The molecule has 0 amide bonds. The van der Waals surface area contributed by atoms with E-state index in [0.29, 0.717) is 15.0 Å². The van der Waals surface area contributed by atoms with Gasteiger partial charge in [-0.05, 0) is 0 Å². The Kier molecular flexibility index (Phi) is 3.54. The molecule has 1 aromatic rings. The first-order valence-electron chi connectivity index (χ1n) is 3.39. The van der Waals surface area contributed by atoms with E-state index in [9.17, 15) is 0 Å². The second-order valence-electron chi connectivity index (χ2n) is 2.31. The Morgan fingerprint density at radius 3 is 2.55 bits per heavy atom. The molecular formula is C9H10Se2. The molecule has 0 aliphatic carbocycles.